The van der Waals surface area contributed by atoms with E-state index in [1.807, 2.05) is 27.8 Å². The van der Waals surface area contributed by atoms with Gasteiger partial charge in [-0.2, -0.15) is 5.10 Å². The first kappa shape index (κ1) is 12.1. The van der Waals surface area contributed by atoms with Gasteiger partial charge in [0.15, 0.2) is 0 Å². The molecular weight excluding hydrogens is 216 g/mol. The highest BCUT2D eigenvalue weighted by molar-refractivity contribution is 5.98. The third-order valence-electron chi connectivity index (χ3n) is 3.62. The van der Waals surface area contributed by atoms with Crippen LogP contribution in [-0.2, 0) is 11.8 Å². The van der Waals surface area contributed by atoms with Crippen LogP contribution in [0.25, 0.3) is 0 Å². The van der Waals surface area contributed by atoms with Crippen LogP contribution in [0.2, 0.25) is 0 Å². The monoisotopic (exact) mass is 236 g/mol. The van der Waals surface area contributed by atoms with Gasteiger partial charge in [-0.3, -0.25) is 9.48 Å². The van der Waals surface area contributed by atoms with Gasteiger partial charge in [-0.15, -0.1) is 0 Å². The number of hydrogen-bond donors (Lipinski definition) is 2. The molecule has 0 aliphatic carbocycles. The lowest BCUT2D eigenvalue weighted by Gasteiger charge is -2.23. The fourth-order valence-corrected chi connectivity index (χ4v) is 2.29. The maximum absolute atomic E-state index is 12.2. The van der Waals surface area contributed by atoms with Crippen molar-refractivity contribution in [1.82, 2.24) is 15.1 Å². The number of carbonyl (C=O) groups excluding carboxylic acids is 1. The normalized spacial score (nSPS) is 24.0. The van der Waals surface area contributed by atoms with Gasteiger partial charge in [0.2, 0.25) is 5.91 Å². The summed E-state index contributed by atoms with van der Waals surface area (Å²) in [5.74, 6) is 0.0363. The summed E-state index contributed by atoms with van der Waals surface area (Å²) in [6, 6.07) is 0. The number of aromatic nitrogens is 2. The van der Waals surface area contributed by atoms with Crippen LogP contribution >= 0.6 is 0 Å². The van der Waals surface area contributed by atoms with E-state index in [1.54, 1.807) is 4.68 Å². The molecule has 1 unspecified atom stereocenters. The van der Waals surface area contributed by atoms with Crippen molar-refractivity contribution >= 4 is 11.6 Å². The molecule has 0 radical (unpaired) electrons. The van der Waals surface area contributed by atoms with Crippen LogP contribution < -0.4 is 10.6 Å². The number of nitrogens with one attached hydrogen (secondary N) is 2. The van der Waals surface area contributed by atoms with E-state index in [-0.39, 0.29) is 5.91 Å². The summed E-state index contributed by atoms with van der Waals surface area (Å²) in [5.41, 5.74) is 2.25. The van der Waals surface area contributed by atoms with E-state index in [1.165, 1.54) is 0 Å². The molecule has 1 aliphatic heterocycles. The SMILES string of the molecule is Cc1nn(C)c(C)c1NC(=O)C1(C)CCCN1. The van der Waals surface area contributed by atoms with Crippen LogP contribution in [0.15, 0.2) is 0 Å². The summed E-state index contributed by atoms with van der Waals surface area (Å²) >= 11 is 0. The summed E-state index contributed by atoms with van der Waals surface area (Å²) in [6.07, 6.45) is 1.94. The molecule has 17 heavy (non-hydrogen) atoms. The smallest absolute Gasteiger partial charge is 0.244 e. The van der Waals surface area contributed by atoms with E-state index in [9.17, 15) is 4.79 Å². The zero-order valence-electron chi connectivity index (χ0n) is 10.9. The predicted octanol–water partition coefficient (Wildman–Crippen LogP) is 1.12. The molecule has 1 aliphatic rings. The van der Waals surface area contributed by atoms with Crippen molar-refractivity contribution in [3.8, 4) is 0 Å². The van der Waals surface area contributed by atoms with Crippen LogP contribution in [0.5, 0.6) is 0 Å². The van der Waals surface area contributed by atoms with E-state index in [0.717, 1.165) is 36.5 Å². The van der Waals surface area contributed by atoms with Gasteiger partial charge in [0.1, 0.15) is 0 Å². The van der Waals surface area contributed by atoms with Gasteiger partial charge in [0.25, 0.3) is 0 Å². The zero-order chi connectivity index (χ0) is 12.6. The number of amides is 1. The summed E-state index contributed by atoms with van der Waals surface area (Å²) in [5, 5.41) is 10.6. The number of hydrogen-bond acceptors (Lipinski definition) is 3. The molecule has 1 saturated heterocycles. The van der Waals surface area contributed by atoms with Gasteiger partial charge in [0.05, 0.1) is 22.6 Å². The van der Waals surface area contributed by atoms with Crippen molar-refractivity contribution in [1.29, 1.82) is 0 Å². The minimum Gasteiger partial charge on any atom is -0.321 e. The highest BCUT2D eigenvalue weighted by atomic mass is 16.2. The molecule has 0 spiro atoms. The third kappa shape index (κ3) is 2.07. The lowest BCUT2D eigenvalue weighted by Crippen LogP contribution is -2.48. The Balaban J connectivity index is 2.18. The number of carbonyl (C=O) groups is 1. The highest BCUT2D eigenvalue weighted by Gasteiger charge is 2.36. The molecule has 0 bridgehead atoms. The topological polar surface area (TPSA) is 59.0 Å². The first-order valence-electron chi connectivity index (χ1n) is 6.01. The average Bonchev–Trinajstić information content (AvgIpc) is 2.80. The van der Waals surface area contributed by atoms with E-state index >= 15 is 0 Å². The van der Waals surface area contributed by atoms with Crippen LogP contribution in [0.3, 0.4) is 0 Å². The van der Waals surface area contributed by atoms with Crippen molar-refractivity contribution in [2.45, 2.75) is 39.2 Å². The Bertz CT molecular complexity index is 444. The minimum absolute atomic E-state index is 0.0363. The molecule has 1 aromatic heterocycles. The van der Waals surface area contributed by atoms with Gasteiger partial charge >= 0.3 is 0 Å². The predicted molar refractivity (Wildman–Crippen MR) is 67.0 cm³/mol. The van der Waals surface area contributed by atoms with Gasteiger partial charge < -0.3 is 10.6 Å². The Kier molecular flexibility index (Phi) is 2.95. The number of aryl methyl sites for hydroxylation is 2. The van der Waals surface area contributed by atoms with Crippen molar-refractivity contribution in [3.63, 3.8) is 0 Å². The first-order chi connectivity index (χ1) is 7.94. The van der Waals surface area contributed by atoms with Crippen molar-refractivity contribution in [3.05, 3.63) is 11.4 Å². The van der Waals surface area contributed by atoms with Crippen LogP contribution in [0.1, 0.15) is 31.2 Å². The first-order valence-corrected chi connectivity index (χ1v) is 6.01. The maximum Gasteiger partial charge on any atom is 0.244 e. The van der Waals surface area contributed by atoms with Gasteiger partial charge in [-0.05, 0) is 40.2 Å². The lowest BCUT2D eigenvalue weighted by atomic mass is 9.99. The standard InChI is InChI=1S/C12H20N4O/c1-8-10(9(2)16(4)15-8)14-11(17)12(3)6-5-7-13-12/h13H,5-7H2,1-4H3,(H,14,17). The molecule has 1 amide bonds. The highest BCUT2D eigenvalue weighted by Crippen LogP contribution is 2.24. The lowest BCUT2D eigenvalue weighted by molar-refractivity contribution is -0.121. The van der Waals surface area contributed by atoms with E-state index in [2.05, 4.69) is 15.7 Å². The zero-order valence-corrected chi connectivity index (χ0v) is 10.9. The summed E-state index contributed by atoms with van der Waals surface area (Å²) in [7, 11) is 1.88. The third-order valence-corrected chi connectivity index (χ3v) is 3.62. The van der Waals surface area contributed by atoms with Crippen LogP contribution in [-0.4, -0.2) is 27.8 Å². The molecule has 94 valence electrons. The molecule has 2 rings (SSSR count). The fourth-order valence-electron chi connectivity index (χ4n) is 2.29. The Labute approximate surface area is 102 Å². The molecule has 2 heterocycles. The minimum atomic E-state index is -0.436. The quantitative estimate of drug-likeness (QED) is 0.809. The molecule has 1 fully saturated rings. The second-order valence-electron chi connectivity index (χ2n) is 4.99. The molecule has 0 saturated carbocycles. The van der Waals surface area contributed by atoms with Crippen molar-refractivity contribution in [2.75, 3.05) is 11.9 Å². The maximum atomic E-state index is 12.2. The fraction of sp³-hybridized carbons (Fsp3) is 0.667. The van der Waals surface area contributed by atoms with Crippen LogP contribution in [0, 0.1) is 13.8 Å². The summed E-state index contributed by atoms with van der Waals surface area (Å²) in [6.45, 7) is 6.73. The second kappa shape index (κ2) is 4.14. The van der Waals surface area contributed by atoms with E-state index in [0.29, 0.717) is 0 Å². The Morgan fingerprint density at radius 1 is 1.53 bits per heavy atom. The van der Waals surface area contributed by atoms with Gasteiger partial charge in [0, 0.05) is 7.05 Å². The average molecular weight is 236 g/mol. The summed E-state index contributed by atoms with van der Waals surface area (Å²) in [4.78, 5) is 12.2. The van der Waals surface area contributed by atoms with Crippen molar-refractivity contribution < 1.29 is 4.79 Å². The van der Waals surface area contributed by atoms with E-state index in [4.69, 9.17) is 0 Å². The molecule has 0 aromatic carbocycles. The van der Waals surface area contributed by atoms with Gasteiger partial charge in [-0.1, -0.05) is 0 Å². The number of nitrogens with zero attached hydrogens (tertiary/aromatic N) is 2. The molecule has 1 aromatic rings. The summed E-state index contributed by atoms with van der Waals surface area (Å²) < 4.78 is 1.79. The molecule has 5 nitrogen and oxygen atoms in total. The Morgan fingerprint density at radius 2 is 2.24 bits per heavy atom. The largest absolute Gasteiger partial charge is 0.321 e. The van der Waals surface area contributed by atoms with Crippen LogP contribution in [0.4, 0.5) is 5.69 Å². The second-order valence-corrected chi connectivity index (χ2v) is 4.99. The van der Waals surface area contributed by atoms with Crippen molar-refractivity contribution in [2.24, 2.45) is 7.05 Å². The molecule has 1 atom stereocenters. The molecular formula is C12H20N4O. The molecule has 5 heteroatoms. The Hall–Kier alpha value is -1.36. The number of anilines is 1. The molecule has 2 N–H and O–H groups in total. The number of rotatable bonds is 2. The Morgan fingerprint density at radius 3 is 2.71 bits per heavy atom. The van der Waals surface area contributed by atoms with Gasteiger partial charge in [-0.25, -0.2) is 0 Å². The van der Waals surface area contributed by atoms with E-state index < -0.39 is 5.54 Å².